The number of benzene rings is 2. The third-order valence-electron chi connectivity index (χ3n) is 4.16. The number of anilines is 1. The summed E-state index contributed by atoms with van der Waals surface area (Å²) in [5.41, 5.74) is 2.14. The number of carbonyl (C=O) groups excluding carboxylic acids is 2. The quantitative estimate of drug-likeness (QED) is 0.623. The van der Waals surface area contributed by atoms with Gasteiger partial charge >= 0.3 is 0 Å². The van der Waals surface area contributed by atoms with Gasteiger partial charge in [0.15, 0.2) is 5.13 Å². The van der Waals surface area contributed by atoms with Gasteiger partial charge in [0.25, 0.3) is 5.91 Å². The number of amides is 2. The van der Waals surface area contributed by atoms with Gasteiger partial charge < -0.3 is 5.32 Å². The van der Waals surface area contributed by atoms with Crippen LogP contribution in [0.2, 0.25) is 0 Å². The number of rotatable bonds is 7. The highest BCUT2D eigenvalue weighted by atomic mass is 32.1. The van der Waals surface area contributed by atoms with Gasteiger partial charge in [-0.25, -0.2) is 9.37 Å². The molecule has 0 saturated heterocycles. The molecule has 0 aliphatic carbocycles. The highest BCUT2D eigenvalue weighted by molar-refractivity contribution is 7.14. The van der Waals surface area contributed by atoms with Crippen molar-refractivity contribution in [2.24, 2.45) is 0 Å². The smallest absolute Gasteiger partial charge is 0.257 e. The largest absolute Gasteiger partial charge is 0.350 e. The van der Waals surface area contributed by atoms with E-state index in [4.69, 9.17) is 0 Å². The Balaban J connectivity index is 1.48. The highest BCUT2D eigenvalue weighted by Gasteiger charge is 2.12. The first kappa shape index (κ1) is 19.7. The fourth-order valence-corrected chi connectivity index (χ4v) is 3.37. The van der Waals surface area contributed by atoms with Crippen LogP contribution in [0.4, 0.5) is 9.52 Å². The monoisotopic (exact) mass is 397 g/mol. The molecule has 0 aliphatic rings. The minimum Gasteiger partial charge on any atom is -0.350 e. The lowest BCUT2D eigenvalue weighted by Crippen LogP contribution is -2.26. The second-order valence-corrected chi connectivity index (χ2v) is 7.16. The zero-order valence-corrected chi connectivity index (χ0v) is 16.1. The molecule has 0 spiro atoms. The van der Waals surface area contributed by atoms with Gasteiger partial charge in [0.2, 0.25) is 5.91 Å². The number of nitrogens with one attached hydrogen (secondary N) is 2. The number of hydrogen-bond donors (Lipinski definition) is 2. The van der Waals surface area contributed by atoms with E-state index in [9.17, 15) is 14.0 Å². The molecule has 28 heavy (non-hydrogen) atoms. The van der Waals surface area contributed by atoms with E-state index in [1.54, 1.807) is 0 Å². The Morgan fingerprint density at radius 3 is 2.54 bits per heavy atom. The minimum absolute atomic E-state index is 0.0544. The number of thiazole rings is 1. The highest BCUT2D eigenvalue weighted by Crippen LogP contribution is 2.18. The van der Waals surface area contributed by atoms with Crippen LogP contribution in [0.3, 0.4) is 0 Å². The fraction of sp³-hybridized carbons (Fsp3) is 0.190. The summed E-state index contributed by atoms with van der Waals surface area (Å²) in [7, 11) is 0. The van der Waals surface area contributed by atoms with E-state index >= 15 is 0 Å². The number of halogens is 1. The van der Waals surface area contributed by atoms with E-state index < -0.39 is 5.82 Å². The summed E-state index contributed by atoms with van der Waals surface area (Å²) in [4.78, 5) is 28.6. The molecule has 2 amide bonds. The van der Waals surface area contributed by atoms with E-state index in [0.29, 0.717) is 23.5 Å². The van der Waals surface area contributed by atoms with Crippen LogP contribution in [0.25, 0.3) is 0 Å². The molecule has 5 nitrogen and oxygen atoms in total. The van der Waals surface area contributed by atoms with Crippen molar-refractivity contribution in [1.82, 2.24) is 10.3 Å². The molecule has 7 heteroatoms. The van der Waals surface area contributed by atoms with E-state index in [1.807, 2.05) is 42.6 Å². The molecule has 3 aromatic rings. The maximum Gasteiger partial charge on any atom is 0.257 e. The molecule has 1 heterocycles. The third-order valence-corrected chi connectivity index (χ3v) is 4.97. The van der Waals surface area contributed by atoms with Gasteiger partial charge in [-0.1, -0.05) is 30.3 Å². The Kier molecular flexibility index (Phi) is 6.49. The van der Waals surface area contributed by atoms with E-state index in [-0.39, 0.29) is 17.9 Å². The van der Waals surface area contributed by atoms with Crippen LogP contribution in [-0.2, 0) is 11.2 Å². The molecule has 0 radical (unpaired) electrons. The van der Waals surface area contributed by atoms with Gasteiger partial charge in [0.1, 0.15) is 5.82 Å². The van der Waals surface area contributed by atoms with Crippen LogP contribution in [0.5, 0.6) is 0 Å². The standard InChI is InChI=1S/C21H20FN3O2S/c1-14(15-5-3-2-4-6-15)23-19(26)12-11-18-13-28-21(24-18)25-20(27)16-7-9-17(22)10-8-16/h2-10,13-14H,11-12H2,1H3,(H,23,26)(H,24,25,27). The SMILES string of the molecule is CC(NC(=O)CCc1csc(NC(=O)c2ccc(F)cc2)n1)c1ccccc1. The first-order valence-corrected chi connectivity index (χ1v) is 9.75. The van der Waals surface area contributed by atoms with Crippen LogP contribution in [-0.4, -0.2) is 16.8 Å². The van der Waals surface area contributed by atoms with Gasteiger partial charge in [-0.2, -0.15) is 0 Å². The van der Waals surface area contributed by atoms with Crippen LogP contribution >= 0.6 is 11.3 Å². The Bertz CT molecular complexity index is 942. The summed E-state index contributed by atoms with van der Waals surface area (Å²) in [6, 6.07) is 15.0. The maximum atomic E-state index is 12.9. The Labute approximate surface area is 166 Å². The van der Waals surface area contributed by atoms with Crippen LogP contribution < -0.4 is 10.6 Å². The lowest BCUT2D eigenvalue weighted by atomic mass is 10.1. The number of nitrogens with zero attached hydrogens (tertiary/aromatic N) is 1. The molecule has 0 bridgehead atoms. The predicted octanol–water partition coefficient (Wildman–Crippen LogP) is 4.34. The van der Waals surface area contributed by atoms with Crippen molar-refractivity contribution in [3.63, 3.8) is 0 Å². The molecule has 0 fully saturated rings. The van der Waals surface area contributed by atoms with Gasteiger partial charge in [0.05, 0.1) is 11.7 Å². The first-order valence-electron chi connectivity index (χ1n) is 8.87. The van der Waals surface area contributed by atoms with Crippen molar-refractivity contribution in [3.05, 3.63) is 82.6 Å². The Morgan fingerprint density at radius 2 is 1.82 bits per heavy atom. The molecule has 1 unspecified atom stereocenters. The van der Waals surface area contributed by atoms with Crippen LogP contribution in [0.1, 0.15) is 41.0 Å². The lowest BCUT2D eigenvalue weighted by Gasteiger charge is -2.13. The van der Waals surface area contributed by atoms with Gasteiger partial charge in [-0.15, -0.1) is 11.3 Å². The summed E-state index contributed by atoms with van der Waals surface area (Å²) in [5.74, 6) is -0.801. The van der Waals surface area contributed by atoms with Crippen molar-refractivity contribution < 1.29 is 14.0 Å². The van der Waals surface area contributed by atoms with Crippen LogP contribution in [0.15, 0.2) is 60.0 Å². The number of aromatic nitrogens is 1. The molecule has 3 rings (SSSR count). The molecule has 1 aromatic heterocycles. The topological polar surface area (TPSA) is 71.1 Å². The van der Waals surface area contributed by atoms with Crippen molar-refractivity contribution >= 4 is 28.3 Å². The first-order chi connectivity index (χ1) is 13.5. The summed E-state index contributed by atoms with van der Waals surface area (Å²) < 4.78 is 12.9. The lowest BCUT2D eigenvalue weighted by molar-refractivity contribution is -0.121. The molecule has 0 saturated carbocycles. The second-order valence-electron chi connectivity index (χ2n) is 6.30. The second kappa shape index (κ2) is 9.23. The molecule has 144 valence electrons. The molecular formula is C21H20FN3O2S. The van der Waals surface area contributed by atoms with Crippen LogP contribution in [0, 0.1) is 5.82 Å². The molecular weight excluding hydrogens is 377 g/mol. The predicted molar refractivity (Wildman–Crippen MR) is 108 cm³/mol. The maximum absolute atomic E-state index is 12.9. The number of carbonyl (C=O) groups is 2. The number of hydrogen-bond acceptors (Lipinski definition) is 4. The van der Waals surface area contributed by atoms with E-state index in [1.165, 1.54) is 35.6 Å². The summed E-state index contributed by atoms with van der Waals surface area (Å²) >= 11 is 1.29. The van der Waals surface area contributed by atoms with Crippen molar-refractivity contribution in [1.29, 1.82) is 0 Å². The number of aryl methyl sites for hydroxylation is 1. The fourth-order valence-electron chi connectivity index (χ4n) is 2.63. The van der Waals surface area contributed by atoms with Crippen molar-refractivity contribution in [3.8, 4) is 0 Å². The molecule has 0 aliphatic heterocycles. The summed E-state index contributed by atoms with van der Waals surface area (Å²) in [6.45, 7) is 1.94. The Hall–Kier alpha value is -3.06. The van der Waals surface area contributed by atoms with Gasteiger partial charge in [-0.05, 0) is 43.2 Å². The minimum atomic E-state index is -0.395. The van der Waals surface area contributed by atoms with E-state index in [2.05, 4.69) is 15.6 Å². The summed E-state index contributed by atoms with van der Waals surface area (Å²) in [6.07, 6.45) is 0.794. The zero-order valence-electron chi connectivity index (χ0n) is 15.3. The Morgan fingerprint density at radius 1 is 1.11 bits per heavy atom. The molecule has 1 atom stereocenters. The molecule has 2 aromatic carbocycles. The van der Waals surface area contributed by atoms with Crippen molar-refractivity contribution in [2.75, 3.05) is 5.32 Å². The average molecular weight is 397 g/mol. The van der Waals surface area contributed by atoms with Gasteiger partial charge in [-0.3, -0.25) is 14.9 Å². The van der Waals surface area contributed by atoms with Crippen molar-refractivity contribution in [2.45, 2.75) is 25.8 Å². The third kappa shape index (κ3) is 5.47. The average Bonchev–Trinajstić information content (AvgIpc) is 3.15. The molecule has 2 N–H and O–H groups in total. The normalized spacial score (nSPS) is 11.6. The van der Waals surface area contributed by atoms with Gasteiger partial charge in [0, 0.05) is 17.4 Å². The summed E-state index contributed by atoms with van der Waals surface area (Å²) in [5, 5.41) is 7.91. The zero-order chi connectivity index (χ0) is 19.9. The van der Waals surface area contributed by atoms with E-state index in [0.717, 1.165) is 11.3 Å².